The Labute approximate surface area is 195 Å². The monoisotopic (exact) mass is 458 g/mol. The summed E-state index contributed by atoms with van der Waals surface area (Å²) < 4.78 is 13.1. The molecular formula is C25H22N4O3S. The van der Waals surface area contributed by atoms with E-state index in [1.807, 2.05) is 16.7 Å². The maximum atomic E-state index is 12.9. The molecule has 0 bridgehead atoms. The van der Waals surface area contributed by atoms with Crippen LogP contribution in [-0.4, -0.2) is 44.5 Å². The molecule has 8 heteroatoms. The predicted molar refractivity (Wildman–Crippen MR) is 126 cm³/mol. The second kappa shape index (κ2) is 9.46. The molecule has 1 aliphatic rings. The number of thioether (sulfide) groups is 1. The van der Waals surface area contributed by atoms with Gasteiger partial charge < -0.3 is 9.47 Å². The summed E-state index contributed by atoms with van der Waals surface area (Å²) in [6.07, 6.45) is 4.42. The van der Waals surface area contributed by atoms with Crippen molar-refractivity contribution in [3.8, 4) is 28.6 Å². The van der Waals surface area contributed by atoms with Gasteiger partial charge in [-0.05, 0) is 54.4 Å². The van der Waals surface area contributed by atoms with Gasteiger partial charge in [-0.1, -0.05) is 30.8 Å². The molecule has 0 saturated heterocycles. The number of carbonyl (C=O) groups is 1. The van der Waals surface area contributed by atoms with Crippen LogP contribution >= 0.6 is 11.8 Å². The van der Waals surface area contributed by atoms with Gasteiger partial charge in [-0.25, -0.2) is 0 Å². The summed E-state index contributed by atoms with van der Waals surface area (Å²) in [7, 11) is 0. The molecule has 2 aromatic carbocycles. The molecule has 1 aliphatic heterocycles. The van der Waals surface area contributed by atoms with E-state index in [0.717, 1.165) is 17.7 Å². The van der Waals surface area contributed by atoms with Crippen LogP contribution in [0.3, 0.4) is 0 Å². The van der Waals surface area contributed by atoms with Crippen LogP contribution in [0, 0.1) is 0 Å². The van der Waals surface area contributed by atoms with Crippen molar-refractivity contribution in [2.24, 2.45) is 0 Å². The largest absolute Gasteiger partial charge is 0.486 e. The zero-order valence-corrected chi connectivity index (χ0v) is 18.9. The number of benzene rings is 2. The minimum absolute atomic E-state index is 0.0154. The summed E-state index contributed by atoms with van der Waals surface area (Å²) in [5, 5.41) is 9.49. The molecule has 2 aromatic heterocycles. The molecule has 0 aliphatic carbocycles. The van der Waals surface area contributed by atoms with E-state index in [1.165, 1.54) is 17.3 Å². The molecule has 5 rings (SSSR count). The van der Waals surface area contributed by atoms with Crippen LogP contribution in [0.2, 0.25) is 0 Å². The first-order valence-electron chi connectivity index (χ1n) is 10.7. The van der Waals surface area contributed by atoms with Crippen molar-refractivity contribution in [3.05, 3.63) is 78.1 Å². The number of ether oxygens (including phenoxy) is 2. The van der Waals surface area contributed by atoms with Gasteiger partial charge in [-0.3, -0.25) is 14.3 Å². The van der Waals surface area contributed by atoms with Crippen molar-refractivity contribution in [3.63, 3.8) is 0 Å². The standard InChI is InChI=1S/C25H22N4O3S/c1-2-17-3-6-20(7-4-17)29-24(18-9-11-26-12-10-18)27-28-25(29)33-16-21(30)19-5-8-22-23(15-19)32-14-13-31-22/h3-12,15H,2,13-14,16H2,1H3. The van der Waals surface area contributed by atoms with Crippen LogP contribution in [-0.2, 0) is 6.42 Å². The lowest BCUT2D eigenvalue weighted by molar-refractivity contribution is 0.102. The van der Waals surface area contributed by atoms with E-state index in [4.69, 9.17) is 9.47 Å². The highest BCUT2D eigenvalue weighted by Gasteiger charge is 2.19. The summed E-state index contributed by atoms with van der Waals surface area (Å²) >= 11 is 1.36. The average molecular weight is 459 g/mol. The molecule has 3 heterocycles. The van der Waals surface area contributed by atoms with Gasteiger partial charge in [0.25, 0.3) is 0 Å². The lowest BCUT2D eigenvalue weighted by Gasteiger charge is -2.18. The Morgan fingerprint density at radius 3 is 2.48 bits per heavy atom. The Hall–Kier alpha value is -3.65. The van der Waals surface area contributed by atoms with Crippen LogP contribution < -0.4 is 9.47 Å². The summed E-state index contributed by atoms with van der Waals surface area (Å²) in [5.41, 5.74) is 3.68. The van der Waals surface area contributed by atoms with Crippen molar-refractivity contribution in [1.82, 2.24) is 19.7 Å². The maximum Gasteiger partial charge on any atom is 0.196 e. The highest BCUT2D eigenvalue weighted by atomic mass is 32.2. The van der Waals surface area contributed by atoms with Crippen LogP contribution in [0.15, 0.2) is 72.1 Å². The van der Waals surface area contributed by atoms with Crippen LogP contribution in [0.4, 0.5) is 0 Å². The third-order valence-electron chi connectivity index (χ3n) is 5.37. The van der Waals surface area contributed by atoms with E-state index in [2.05, 4.69) is 46.4 Å². The van der Waals surface area contributed by atoms with E-state index in [-0.39, 0.29) is 11.5 Å². The maximum absolute atomic E-state index is 12.9. The third-order valence-corrected chi connectivity index (χ3v) is 6.30. The summed E-state index contributed by atoms with van der Waals surface area (Å²) in [6, 6.07) is 17.4. The number of rotatable bonds is 7. The number of aryl methyl sites for hydroxylation is 1. The number of nitrogens with zero attached hydrogens (tertiary/aromatic N) is 4. The smallest absolute Gasteiger partial charge is 0.196 e. The number of aromatic nitrogens is 4. The van der Waals surface area contributed by atoms with Crippen LogP contribution in [0.25, 0.3) is 17.1 Å². The molecule has 4 aromatic rings. The van der Waals surface area contributed by atoms with Gasteiger partial charge in [-0.2, -0.15) is 0 Å². The van der Waals surface area contributed by atoms with E-state index in [0.29, 0.717) is 41.3 Å². The number of hydrogen-bond acceptors (Lipinski definition) is 7. The minimum atomic E-state index is -0.0154. The topological polar surface area (TPSA) is 79.1 Å². The highest BCUT2D eigenvalue weighted by Crippen LogP contribution is 2.32. The fraction of sp³-hybridized carbons (Fsp3) is 0.200. The van der Waals surface area contributed by atoms with Gasteiger partial charge in [0.15, 0.2) is 28.3 Å². The third kappa shape index (κ3) is 4.47. The SMILES string of the molecule is CCc1ccc(-n2c(SCC(=O)c3ccc4c(c3)OCCO4)nnc2-c2ccncc2)cc1. The van der Waals surface area contributed by atoms with Crippen molar-refractivity contribution in [2.45, 2.75) is 18.5 Å². The van der Waals surface area contributed by atoms with E-state index < -0.39 is 0 Å². The molecule has 166 valence electrons. The molecule has 0 atom stereocenters. The second-order valence-electron chi connectivity index (χ2n) is 7.47. The Bertz CT molecular complexity index is 1270. The lowest BCUT2D eigenvalue weighted by Crippen LogP contribution is -2.16. The molecule has 0 spiro atoms. The molecule has 33 heavy (non-hydrogen) atoms. The highest BCUT2D eigenvalue weighted by molar-refractivity contribution is 7.99. The molecule has 7 nitrogen and oxygen atoms in total. The van der Waals surface area contributed by atoms with Gasteiger partial charge >= 0.3 is 0 Å². The molecule has 0 fully saturated rings. The Balaban J connectivity index is 1.43. The van der Waals surface area contributed by atoms with Crippen molar-refractivity contribution >= 4 is 17.5 Å². The normalized spacial score (nSPS) is 12.5. The number of pyridine rings is 1. The molecule has 0 unspecified atom stereocenters. The van der Waals surface area contributed by atoms with Crippen molar-refractivity contribution in [1.29, 1.82) is 0 Å². The van der Waals surface area contributed by atoms with Gasteiger partial charge in [0.2, 0.25) is 0 Å². The first-order valence-corrected chi connectivity index (χ1v) is 11.7. The Morgan fingerprint density at radius 2 is 1.73 bits per heavy atom. The summed E-state index contributed by atoms with van der Waals surface area (Å²) in [4.78, 5) is 17.0. The van der Waals surface area contributed by atoms with E-state index >= 15 is 0 Å². The van der Waals surface area contributed by atoms with Gasteiger partial charge in [0.1, 0.15) is 13.2 Å². The van der Waals surface area contributed by atoms with E-state index in [1.54, 1.807) is 30.6 Å². The number of Topliss-reactive ketones (excluding diaryl/α,β-unsaturated/α-hetero) is 1. The minimum Gasteiger partial charge on any atom is -0.486 e. The Kier molecular flexibility index (Phi) is 6.08. The van der Waals surface area contributed by atoms with Gasteiger partial charge in [0.05, 0.1) is 5.75 Å². The first-order chi connectivity index (χ1) is 16.2. The second-order valence-corrected chi connectivity index (χ2v) is 8.41. The number of ketones is 1. The summed E-state index contributed by atoms with van der Waals surface area (Å²) in [5.74, 6) is 2.19. The van der Waals surface area contributed by atoms with Crippen molar-refractivity contribution < 1.29 is 14.3 Å². The average Bonchev–Trinajstić information content (AvgIpc) is 3.31. The predicted octanol–water partition coefficient (Wildman–Crippen LogP) is 4.64. The molecule has 0 saturated carbocycles. The molecule has 0 amide bonds. The Morgan fingerprint density at radius 1 is 0.970 bits per heavy atom. The first kappa shape index (κ1) is 21.2. The number of fused-ring (bicyclic) bond motifs is 1. The van der Waals surface area contributed by atoms with Crippen LogP contribution in [0.5, 0.6) is 11.5 Å². The zero-order valence-electron chi connectivity index (χ0n) is 18.1. The lowest BCUT2D eigenvalue weighted by atomic mass is 10.1. The summed E-state index contributed by atoms with van der Waals surface area (Å²) in [6.45, 7) is 3.13. The molecule has 0 N–H and O–H groups in total. The van der Waals surface area contributed by atoms with E-state index in [9.17, 15) is 4.79 Å². The molecular weight excluding hydrogens is 436 g/mol. The quantitative estimate of drug-likeness (QED) is 0.295. The van der Waals surface area contributed by atoms with Crippen LogP contribution in [0.1, 0.15) is 22.8 Å². The number of carbonyl (C=O) groups excluding carboxylic acids is 1. The van der Waals surface area contributed by atoms with Gasteiger partial charge in [-0.15, -0.1) is 10.2 Å². The molecule has 0 radical (unpaired) electrons. The zero-order chi connectivity index (χ0) is 22.6. The van der Waals surface area contributed by atoms with Gasteiger partial charge in [0, 0.05) is 29.2 Å². The number of hydrogen-bond donors (Lipinski definition) is 0. The fourth-order valence-electron chi connectivity index (χ4n) is 3.60. The van der Waals surface area contributed by atoms with Crippen molar-refractivity contribution in [2.75, 3.05) is 19.0 Å². The fourth-order valence-corrected chi connectivity index (χ4v) is 4.44.